The van der Waals surface area contributed by atoms with Gasteiger partial charge in [0.05, 0.1) is 6.54 Å². The second kappa shape index (κ2) is 7.52. The molecule has 2 rings (SSSR count). The quantitative estimate of drug-likeness (QED) is 0.713. The Hall–Kier alpha value is -2.24. The fourth-order valence-electron chi connectivity index (χ4n) is 1.95. The van der Waals surface area contributed by atoms with Crippen molar-refractivity contribution in [1.82, 2.24) is 10.2 Å². The Morgan fingerprint density at radius 2 is 2.00 bits per heavy atom. The number of aliphatic carboxylic acids is 1. The highest BCUT2D eigenvalue weighted by Gasteiger charge is 2.27. The molecule has 21 heavy (non-hydrogen) atoms. The maximum atomic E-state index is 11.9. The highest BCUT2D eigenvalue weighted by atomic mass is 16.5. The van der Waals surface area contributed by atoms with Crippen LogP contribution in [-0.2, 0) is 4.79 Å². The van der Waals surface area contributed by atoms with Crippen molar-refractivity contribution >= 4 is 12.0 Å². The number of nitrogens with zero attached hydrogens (tertiary/aromatic N) is 1. The van der Waals surface area contributed by atoms with Gasteiger partial charge in [0.25, 0.3) is 0 Å². The molecule has 1 aromatic rings. The number of carbonyl (C=O) groups is 2. The summed E-state index contributed by atoms with van der Waals surface area (Å²) < 4.78 is 5.46. The van der Waals surface area contributed by atoms with Gasteiger partial charge in [-0.25, -0.2) is 4.79 Å². The molecule has 0 heterocycles. The molecule has 1 aromatic carbocycles. The van der Waals surface area contributed by atoms with Gasteiger partial charge in [0.1, 0.15) is 18.9 Å². The Balaban J connectivity index is 1.69. The first-order chi connectivity index (χ1) is 10.1. The highest BCUT2D eigenvalue weighted by molar-refractivity contribution is 5.80. The lowest BCUT2D eigenvalue weighted by Gasteiger charge is -2.21. The summed E-state index contributed by atoms with van der Waals surface area (Å²) in [7, 11) is 0. The summed E-state index contributed by atoms with van der Waals surface area (Å²) >= 11 is 0. The molecule has 0 spiro atoms. The minimum atomic E-state index is -0.994. The molecule has 1 aliphatic carbocycles. The topological polar surface area (TPSA) is 78.9 Å². The molecule has 1 saturated carbocycles. The van der Waals surface area contributed by atoms with Crippen molar-refractivity contribution < 1.29 is 19.4 Å². The van der Waals surface area contributed by atoms with E-state index >= 15 is 0 Å². The monoisotopic (exact) mass is 292 g/mol. The number of carboxylic acid groups (broad SMARTS) is 1. The fraction of sp³-hybridized carbons (Fsp3) is 0.467. The maximum Gasteiger partial charge on any atom is 0.323 e. The minimum Gasteiger partial charge on any atom is -0.492 e. The van der Waals surface area contributed by atoms with Crippen LogP contribution in [0.15, 0.2) is 30.3 Å². The molecule has 114 valence electrons. The van der Waals surface area contributed by atoms with Gasteiger partial charge in [-0.2, -0.15) is 0 Å². The van der Waals surface area contributed by atoms with Crippen LogP contribution in [0.3, 0.4) is 0 Å². The molecular formula is C15H20N2O4. The summed E-state index contributed by atoms with van der Waals surface area (Å²) in [5, 5.41) is 11.5. The van der Waals surface area contributed by atoms with E-state index in [1.807, 2.05) is 30.3 Å². The van der Waals surface area contributed by atoms with Crippen LogP contribution in [0.4, 0.5) is 4.79 Å². The summed E-state index contributed by atoms with van der Waals surface area (Å²) in [6.07, 6.45) is 2.14. The number of urea groups is 1. The van der Waals surface area contributed by atoms with Gasteiger partial charge in [-0.05, 0) is 30.9 Å². The van der Waals surface area contributed by atoms with Gasteiger partial charge >= 0.3 is 12.0 Å². The number of hydrogen-bond donors (Lipinski definition) is 2. The Morgan fingerprint density at radius 3 is 2.62 bits per heavy atom. The van der Waals surface area contributed by atoms with E-state index in [1.54, 1.807) is 0 Å². The smallest absolute Gasteiger partial charge is 0.323 e. The molecule has 1 fully saturated rings. The van der Waals surface area contributed by atoms with E-state index < -0.39 is 5.97 Å². The Bertz CT molecular complexity index is 474. The molecule has 2 N–H and O–H groups in total. The van der Waals surface area contributed by atoms with Crippen molar-refractivity contribution in [3.63, 3.8) is 0 Å². The number of hydrogen-bond acceptors (Lipinski definition) is 3. The van der Waals surface area contributed by atoms with Crippen LogP contribution in [0, 0.1) is 5.92 Å². The fourth-order valence-corrected chi connectivity index (χ4v) is 1.95. The molecule has 0 bridgehead atoms. The van der Waals surface area contributed by atoms with Gasteiger partial charge in [0.15, 0.2) is 0 Å². The van der Waals surface area contributed by atoms with E-state index in [9.17, 15) is 9.59 Å². The van der Waals surface area contributed by atoms with Crippen molar-refractivity contribution in [3.8, 4) is 5.75 Å². The summed E-state index contributed by atoms with van der Waals surface area (Å²) in [5.74, 6) is 0.203. The Labute approximate surface area is 123 Å². The number of amides is 2. The predicted molar refractivity (Wildman–Crippen MR) is 77.3 cm³/mol. The number of rotatable bonds is 8. The molecular weight excluding hydrogens is 272 g/mol. The zero-order chi connectivity index (χ0) is 15.1. The van der Waals surface area contributed by atoms with Crippen LogP contribution < -0.4 is 10.1 Å². The largest absolute Gasteiger partial charge is 0.492 e. The zero-order valence-corrected chi connectivity index (χ0v) is 11.8. The lowest BCUT2D eigenvalue weighted by atomic mass is 10.3. The first kappa shape index (κ1) is 15.2. The summed E-state index contributed by atoms with van der Waals surface area (Å²) in [4.78, 5) is 24.1. The lowest BCUT2D eigenvalue weighted by molar-refractivity contribution is -0.137. The number of ether oxygens (including phenoxy) is 1. The van der Waals surface area contributed by atoms with Gasteiger partial charge in [-0.1, -0.05) is 18.2 Å². The van der Waals surface area contributed by atoms with Gasteiger partial charge in [-0.3, -0.25) is 4.79 Å². The SMILES string of the molecule is O=C(O)CN(CC1CC1)C(=O)NCCOc1ccccc1. The number of carbonyl (C=O) groups excluding carboxylic acids is 1. The van der Waals surface area contributed by atoms with E-state index in [0.29, 0.717) is 25.6 Å². The molecule has 0 aromatic heterocycles. The van der Waals surface area contributed by atoms with Gasteiger partial charge in [0.2, 0.25) is 0 Å². The van der Waals surface area contributed by atoms with E-state index in [0.717, 1.165) is 18.6 Å². The molecule has 0 atom stereocenters. The van der Waals surface area contributed by atoms with Crippen LogP contribution in [0.25, 0.3) is 0 Å². The lowest BCUT2D eigenvalue weighted by Crippen LogP contribution is -2.44. The maximum absolute atomic E-state index is 11.9. The first-order valence-corrected chi connectivity index (χ1v) is 7.07. The molecule has 1 aliphatic rings. The first-order valence-electron chi connectivity index (χ1n) is 7.07. The van der Waals surface area contributed by atoms with Crippen molar-refractivity contribution in [2.45, 2.75) is 12.8 Å². The van der Waals surface area contributed by atoms with Crippen LogP contribution in [0.1, 0.15) is 12.8 Å². The summed E-state index contributed by atoms with van der Waals surface area (Å²) in [6, 6.07) is 8.98. The number of nitrogens with one attached hydrogen (secondary N) is 1. The van der Waals surface area contributed by atoms with Crippen LogP contribution >= 0.6 is 0 Å². The molecule has 0 unspecified atom stereocenters. The Kier molecular flexibility index (Phi) is 5.43. The zero-order valence-electron chi connectivity index (χ0n) is 11.8. The number of carboxylic acids is 1. The standard InChI is InChI=1S/C15H20N2O4/c18-14(19)11-17(10-12-6-7-12)15(20)16-8-9-21-13-4-2-1-3-5-13/h1-5,12H,6-11H2,(H,16,20)(H,18,19). The predicted octanol–water partition coefficient (Wildman–Crippen LogP) is 1.57. The number of para-hydroxylation sites is 1. The molecule has 0 aliphatic heterocycles. The second-order valence-corrected chi connectivity index (χ2v) is 5.11. The van der Waals surface area contributed by atoms with Crippen molar-refractivity contribution in [3.05, 3.63) is 30.3 Å². The van der Waals surface area contributed by atoms with Crippen LogP contribution in [-0.4, -0.2) is 48.2 Å². The van der Waals surface area contributed by atoms with Gasteiger partial charge in [0, 0.05) is 6.54 Å². The average Bonchev–Trinajstić information content (AvgIpc) is 3.27. The summed E-state index contributed by atoms with van der Waals surface area (Å²) in [6.45, 7) is 0.939. The molecule has 0 radical (unpaired) electrons. The van der Waals surface area contributed by atoms with Crippen molar-refractivity contribution in [2.24, 2.45) is 5.92 Å². The highest BCUT2D eigenvalue weighted by Crippen LogP contribution is 2.29. The minimum absolute atomic E-state index is 0.262. The summed E-state index contributed by atoms with van der Waals surface area (Å²) in [5.41, 5.74) is 0. The van der Waals surface area contributed by atoms with Gasteiger partial charge < -0.3 is 20.1 Å². The van der Waals surface area contributed by atoms with Crippen molar-refractivity contribution in [1.29, 1.82) is 0 Å². The molecule has 0 saturated heterocycles. The van der Waals surface area contributed by atoms with Crippen molar-refractivity contribution in [2.75, 3.05) is 26.2 Å². The van der Waals surface area contributed by atoms with E-state index in [-0.39, 0.29) is 12.6 Å². The Morgan fingerprint density at radius 1 is 1.29 bits per heavy atom. The number of benzene rings is 1. The third-order valence-electron chi connectivity index (χ3n) is 3.18. The van der Waals surface area contributed by atoms with Crippen LogP contribution in [0.2, 0.25) is 0 Å². The molecule has 2 amide bonds. The third-order valence-corrected chi connectivity index (χ3v) is 3.18. The average molecular weight is 292 g/mol. The molecule has 6 heteroatoms. The molecule has 6 nitrogen and oxygen atoms in total. The van der Waals surface area contributed by atoms with E-state index in [2.05, 4.69) is 5.32 Å². The third kappa shape index (κ3) is 5.72. The van der Waals surface area contributed by atoms with E-state index in [1.165, 1.54) is 4.90 Å². The normalized spacial score (nSPS) is 13.5. The van der Waals surface area contributed by atoms with Crippen LogP contribution in [0.5, 0.6) is 5.75 Å². The van der Waals surface area contributed by atoms with Gasteiger partial charge in [-0.15, -0.1) is 0 Å². The second-order valence-electron chi connectivity index (χ2n) is 5.11. The van der Waals surface area contributed by atoms with E-state index in [4.69, 9.17) is 9.84 Å².